The van der Waals surface area contributed by atoms with E-state index >= 15 is 0 Å². The van der Waals surface area contributed by atoms with Crippen molar-refractivity contribution in [2.24, 2.45) is 5.73 Å². The lowest BCUT2D eigenvalue weighted by Crippen LogP contribution is -2.10. The van der Waals surface area contributed by atoms with E-state index in [2.05, 4.69) is 26.8 Å². The molecule has 3 rings (SSSR count). The number of fused-ring (bicyclic) bond motifs is 1. The first-order valence-electron chi connectivity index (χ1n) is 6.14. The van der Waals surface area contributed by atoms with E-state index in [0.29, 0.717) is 33.5 Å². The molecule has 0 radical (unpaired) electrons. The van der Waals surface area contributed by atoms with E-state index < -0.39 is 5.91 Å². The monoisotopic (exact) mass is 277 g/mol. The number of aromatic nitrogens is 3. The maximum absolute atomic E-state index is 11.1. The van der Waals surface area contributed by atoms with E-state index in [0.717, 1.165) is 0 Å². The van der Waals surface area contributed by atoms with Gasteiger partial charge in [-0.25, -0.2) is 9.97 Å². The van der Waals surface area contributed by atoms with Crippen molar-refractivity contribution in [2.75, 3.05) is 5.73 Å². The minimum Gasteiger partial charge on any atom is -0.383 e. The number of rotatable bonds is 1. The highest BCUT2D eigenvalue weighted by atomic mass is 16.1. The van der Waals surface area contributed by atoms with E-state index in [1.54, 1.807) is 30.5 Å². The second-order valence-corrected chi connectivity index (χ2v) is 4.38. The molecule has 2 heterocycles. The maximum Gasteiger partial charge on any atom is 0.248 e. The molecule has 21 heavy (non-hydrogen) atoms. The van der Waals surface area contributed by atoms with Gasteiger partial charge in [0.05, 0.1) is 10.9 Å². The van der Waals surface area contributed by atoms with Crippen molar-refractivity contribution < 1.29 is 4.79 Å². The highest BCUT2D eigenvalue weighted by molar-refractivity contribution is 5.93. The lowest BCUT2D eigenvalue weighted by atomic mass is 10.1. The number of benzene rings is 1. The van der Waals surface area contributed by atoms with Crippen molar-refractivity contribution in [3.63, 3.8) is 0 Å². The van der Waals surface area contributed by atoms with Gasteiger partial charge in [0.1, 0.15) is 17.8 Å². The largest absolute Gasteiger partial charge is 0.383 e. The standard InChI is InChI=1S/C15H11N5O/c16-13-12-11(7-18-15(12)20-8-19-13)5-4-9-2-1-3-10(6-9)14(17)21/h1-3,6-8H,(H2,17,21)(H3,16,18,19,20). The van der Waals surface area contributed by atoms with Crippen LogP contribution < -0.4 is 11.5 Å². The number of amides is 1. The van der Waals surface area contributed by atoms with Crippen LogP contribution in [0.25, 0.3) is 11.0 Å². The van der Waals surface area contributed by atoms with Gasteiger partial charge in [-0.3, -0.25) is 4.79 Å². The molecule has 102 valence electrons. The minimum atomic E-state index is -0.483. The van der Waals surface area contributed by atoms with Crippen molar-refractivity contribution in [1.29, 1.82) is 0 Å². The fourth-order valence-corrected chi connectivity index (χ4v) is 1.98. The van der Waals surface area contributed by atoms with Crippen molar-refractivity contribution in [3.05, 3.63) is 53.5 Å². The van der Waals surface area contributed by atoms with Crippen LogP contribution in [0, 0.1) is 11.8 Å². The summed E-state index contributed by atoms with van der Waals surface area (Å²) < 4.78 is 0. The summed E-state index contributed by atoms with van der Waals surface area (Å²) >= 11 is 0. The SMILES string of the molecule is NC(=O)c1cccc(C#Cc2c[nH]c3ncnc(N)c23)c1. The van der Waals surface area contributed by atoms with Crippen LogP contribution in [0.15, 0.2) is 36.8 Å². The molecule has 3 aromatic rings. The van der Waals surface area contributed by atoms with Gasteiger partial charge >= 0.3 is 0 Å². The summed E-state index contributed by atoms with van der Waals surface area (Å²) in [7, 11) is 0. The van der Waals surface area contributed by atoms with E-state index in [9.17, 15) is 4.79 Å². The Labute approximate surface area is 120 Å². The van der Waals surface area contributed by atoms with Gasteiger partial charge < -0.3 is 16.5 Å². The number of H-pyrrole nitrogens is 1. The summed E-state index contributed by atoms with van der Waals surface area (Å²) in [5, 5.41) is 0.691. The van der Waals surface area contributed by atoms with Gasteiger partial charge in [0.15, 0.2) is 0 Å². The Balaban J connectivity index is 2.04. The van der Waals surface area contributed by atoms with E-state index in [1.165, 1.54) is 6.33 Å². The van der Waals surface area contributed by atoms with E-state index in [1.807, 2.05) is 0 Å². The molecule has 0 aliphatic carbocycles. The molecule has 1 aromatic carbocycles. The van der Waals surface area contributed by atoms with Crippen LogP contribution in [0.1, 0.15) is 21.5 Å². The summed E-state index contributed by atoms with van der Waals surface area (Å²) in [5.74, 6) is 5.86. The van der Waals surface area contributed by atoms with Crippen molar-refractivity contribution in [1.82, 2.24) is 15.0 Å². The predicted molar refractivity (Wildman–Crippen MR) is 79.2 cm³/mol. The molecule has 0 saturated carbocycles. The number of hydrogen-bond donors (Lipinski definition) is 3. The normalized spacial score (nSPS) is 10.1. The average Bonchev–Trinajstić information content (AvgIpc) is 2.90. The number of carbonyl (C=O) groups excluding carboxylic acids is 1. The van der Waals surface area contributed by atoms with E-state index in [4.69, 9.17) is 11.5 Å². The summed E-state index contributed by atoms with van der Waals surface area (Å²) in [4.78, 5) is 22.2. The van der Waals surface area contributed by atoms with Crippen molar-refractivity contribution in [3.8, 4) is 11.8 Å². The van der Waals surface area contributed by atoms with Crippen molar-refractivity contribution >= 4 is 22.8 Å². The molecule has 5 N–H and O–H groups in total. The predicted octanol–water partition coefficient (Wildman–Crippen LogP) is 1.04. The quantitative estimate of drug-likeness (QED) is 0.577. The van der Waals surface area contributed by atoms with Crippen molar-refractivity contribution in [2.45, 2.75) is 0 Å². The van der Waals surface area contributed by atoms with E-state index in [-0.39, 0.29) is 0 Å². The topological polar surface area (TPSA) is 111 Å². The number of anilines is 1. The molecule has 0 unspecified atom stereocenters. The molecule has 6 heteroatoms. The molecule has 6 nitrogen and oxygen atoms in total. The molecular formula is C15H11N5O. The second-order valence-electron chi connectivity index (χ2n) is 4.38. The highest BCUT2D eigenvalue weighted by Crippen LogP contribution is 2.19. The van der Waals surface area contributed by atoms with Crippen LogP contribution in [0.3, 0.4) is 0 Å². The van der Waals surface area contributed by atoms with Gasteiger partial charge in [0.2, 0.25) is 5.91 Å². The van der Waals surface area contributed by atoms with Gasteiger partial charge in [-0.1, -0.05) is 17.9 Å². The molecule has 1 amide bonds. The third-order valence-corrected chi connectivity index (χ3v) is 2.99. The molecule has 0 aliphatic rings. The Hall–Kier alpha value is -3.33. The number of aromatic amines is 1. The minimum absolute atomic E-state index is 0.372. The van der Waals surface area contributed by atoms with Crippen LogP contribution >= 0.6 is 0 Å². The molecule has 0 atom stereocenters. The summed E-state index contributed by atoms with van der Waals surface area (Å²) in [6.45, 7) is 0. The first kappa shape index (κ1) is 12.7. The van der Waals surface area contributed by atoms with Crippen LogP contribution in [0.2, 0.25) is 0 Å². The Morgan fingerprint density at radius 3 is 2.90 bits per heavy atom. The third kappa shape index (κ3) is 2.40. The van der Waals surface area contributed by atoms with Crippen LogP contribution in [0.4, 0.5) is 5.82 Å². The van der Waals surface area contributed by atoms with Gasteiger partial charge in [0.25, 0.3) is 0 Å². The van der Waals surface area contributed by atoms with Crippen LogP contribution in [0.5, 0.6) is 0 Å². The lowest BCUT2D eigenvalue weighted by molar-refractivity contribution is 0.100. The third-order valence-electron chi connectivity index (χ3n) is 2.99. The highest BCUT2D eigenvalue weighted by Gasteiger charge is 2.06. The summed E-state index contributed by atoms with van der Waals surface area (Å²) in [6, 6.07) is 6.82. The van der Waals surface area contributed by atoms with Gasteiger partial charge in [-0.2, -0.15) is 0 Å². The number of nitrogens with zero attached hydrogens (tertiary/aromatic N) is 2. The number of nitrogens with one attached hydrogen (secondary N) is 1. The van der Waals surface area contributed by atoms with Crippen LogP contribution in [-0.4, -0.2) is 20.9 Å². The summed E-state index contributed by atoms with van der Waals surface area (Å²) in [6.07, 6.45) is 3.11. The van der Waals surface area contributed by atoms with Gasteiger partial charge in [-0.15, -0.1) is 0 Å². The molecule has 0 fully saturated rings. The fraction of sp³-hybridized carbons (Fsp3) is 0. The Kier molecular flexibility index (Phi) is 3.01. The zero-order valence-electron chi connectivity index (χ0n) is 10.9. The van der Waals surface area contributed by atoms with Gasteiger partial charge in [-0.05, 0) is 18.2 Å². The number of primary amides is 1. The Bertz CT molecular complexity index is 901. The molecule has 0 aliphatic heterocycles. The Morgan fingerprint density at radius 2 is 2.10 bits per heavy atom. The molecular weight excluding hydrogens is 266 g/mol. The molecule has 0 bridgehead atoms. The second kappa shape index (κ2) is 4.98. The maximum atomic E-state index is 11.1. The van der Waals surface area contributed by atoms with Crippen LogP contribution in [-0.2, 0) is 0 Å². The average molecular weight is 277 g/mol. The molecule has 0 spiro atoms. The number of carbonyl (C=O) groups is 1. The fourth-order valence-electron chi connectivity index (χ4n) is 1.98. The van der Waals surface area contributed by atoms with Gasteiger partial charge in [0, 0.05) is 17.3 Å². The number of nitrogens with two attached hydrogens (primary N) is 2. The number of nitrogen functional groups attached to an aromatic ring is 1. The summed E-state index contributed by atoms with van der Waals surface area (Å²) in [5.41, 5.74) is 13.5. The number of hydrogen-bond acceptors (Lipinski definition) is 4. The zero-order chi connectivity index (χ0) is 14.8. The molecule has 0 saturated heterocycles. The first-order valence-corrected chi connectivity index (χ1v) is 6.14. The molecule has 2 aromatic heterocycles. The first-order chi connectivity index (χ1) is 10.1. The smallest absolute Gasteiger partial charge is 0.248 e. The Morgan fingerprint density at radius 1 is 1.24 bits per heavy atom. The lowest BCUT2D eigenvalue weighted by Gasteiger charge is -1.96. The zero-order valence-corrected chi connectivity index (χ0v) is 10.9.